The number of aryl methyl sites for hydroxylation is 1. The van der Waals surface area contributed by atoms with Crippen molar-refractivity contribution in [1.29, 1.82) is 0 Å². The number of carbonyl (C=O) groups is 1. The lowest BCUT2D eigenvalue weighted by Crippen LogP contribution is -2.37. The molecule has 4 nitrogen and oxygen atoms in total. The van der Waals surface area contributed by atoms with Gasteiger partial charge >= 0.3 is 5.97 Å². The summed E-state index contributed by atoms with van der Waals surface area (Å²) in [5, 5.41) is 8.70. The summed E-state index contributed by atoms with van der Waals surface area (Å²) in [5.74, 6) is -0.752. The zero-order valence-corrected chi connectivity index (χ0v) is 13.1. The predicted molar refractivity (Wildman–Crippen MR) is 81.1 cm³/mol. The number of hydrogen-bond donors (Lipinski definition) is 1. The molecular weight excluding hydrogens is 322 g/mol. The molecule has 0 spiro atoms. The smallest absolute Gasteiger partial charge is 0.303 e. The minimum Gasteiger partial charge on any atom is -0.481 e. The summed E-state index contributed by atoms with van der Waals surface area (Å²) in [6, 6.07) is 6.17. The van der Waals surface area contributed by atoms with Crippen LogP contribution in [0.2, 0.25) is 0 Å². The molecule has 20 heavy (non-hydrogen) atoms. The molecule has 0 atom stereocenters. The SMILES string of the molecule is O=C(O)CCc1ccc(CCN2CCOCC2)c(Br)c1. The Bertz CT molecular complexity index is 458. The van der Waals surface area contributed by atoms with Gasteiger partial charge in [0, 0.05) is 30.5 Å². The number of nitrogens with zero attached hydrogens (tertiary/aromatic N) is 1. The highest BCUT2D eigenvalue weighted by molar-refractivity contribution is 9.10. The lowest BCUT2D eigenvalue weighted by molar-refractivity contribution is -0.136. The summed E-state index contributed by atoms with van der Waals surface area (Å²) in [6.45, 7) is 4.71. The summed E-state index contributed by atoms with van der Waals surface area (Å²) < 4.78 is 6.42. The van der Waals surface area contributed by atoms with Crippen LogP contribution in [0, 0.1) is 0 Å². The van der Waals surface area contributed by atoms with Crippen LogP contribution in [0.4, 0.5) is 0 Å². The van der Waals surface area contributed by atoms with Crippen molar-refractivity contribution in [2.75, 3.05) is 32.8 Å². The lowest BCUT2D eigenvalue weighted by atomic mass is 10.1. The first-order valence-electron chi connectivity index (χ1n) is 6.94. The van der Waals surface area contributed by atoms with E-state index in [0.29, 0.717) is 6.42 Å². The Morgan fingerprint density at radius 1 is 1.30 bits per heavy atom. The van der Waals surface area contributed by atoms with Crippen molar-refractivity contribution in [2.24, 2.45) is 0 Å². The summed E-state index contributed by atoms with van der Waals surface area (Å²) in [4.78, 5) is 13.0. The second-order valence-electron chi connectivity index (χ2n) is 5.02. The Morgan fingerprint density at radius 2 is 2.05 bits per heavy atom. The Balaban J connectivity index is 1.86. The van der Waals surface area contributed by atoms with Gasteiger partial charge in [0.1, 0.15) is 0 Å². The summed E-state index contributed by atoms with van der Waals surface area (Å²) in [5.41, 5.74) is 2.34. The molecule has 1 N–H and O–H groups in total. The number of ether oxygens (including phenoxy) is 1. The van der Waals surface area contributed by atoms with Gasteiger partial charge in [-0.2, -0.15) is 0 Å². The van der Waals surface area contributed by atoms with E-state index in [1.165, 1.54) is 5.56 Å². The molecule has 0 aromatic heterocycles. The molecule has 0 amide bonds. The van der Waals surface area contributed by atoms with Crippen molar-refractivity contribution in [3.8, 4) is 0 Å². The van der Waals surface area contributed by atoms with Gasteiger partial charge in [0.2, 0.25) is 0 Å². The predicted octanol–water partition coefficient (Wildman–Crippen LogP) is 2.34. The molecule has 0 radical (unpaired) electrons. The number of halogens is 1. The van der Waals surface area contributed by atoms with E-state index in [1.54, 1.807) is 0 Å². The van der Waals surface area contributed by atoms with Gasteiger partial charge in [-0.1, -0.05) is 28.1 Å². The summed E-state index contributed by atoms with van der Waals surface area (Å²) in [6.07, 6.45) is 1.76. The second kappa shape index (κ2) is 7.76. The number of hydrogen-bond acceptors (Lipinski definition) is 3. The zero-order valence-electron chi connectivity index (χ0n) is 11.5. The normalized spacial score (nSPS) is 16.2. The second-order valence-corrected chi connectivity index (χ2v) is 5.88. The van der Waals surface area contributed by atoms with Gasteiger partial charge in [0.05, 0.1) is 13.2 Å². The van der Waals surface area contributed by atoms with Crippen molar-refractivity contribution in [3.05, 3.63) is 33.8 Å². The number of rotatable bonds is 6. The maximum absolute atomic E-state index is 10.6. The number of morpholine rings is 1. The maximum atomic E-state index is 10.6. The highest BCUT2D eigenvalue weighted by Crippen LogP contribution is 2.20. The van der Waals surface area contributed by atoms with Crippen LogP contribution in [0.5, 0.6) is 0 Å². The van der Waals surface area contributed by atoms with E-state index in [1.807, 2.05) is 12.1 Å². The van der Waals surface area contributed by atoms with E-state index in [0.717, 1.165) is 49.3 Å². The largest absolute Gasteiger partial charge is 0.481 e. The highest BCUT2D eigenvalue weighted by atomic mass is 79.9. The Morgan fingerprint density at radius 3 is 2.70 bits per heavy atom. The first kappa shape index (κ1) is 15.5. The van der Waals surface area contributed by atoms with E-state index in [2.05, 4.69) is 26.9 Å². The van der Waals surface area contributed by atoms with E-state index in [-0.39, 0.29) is 6.42 Å². The van der Waals surface area contributed by atoms with E-state index < -0.39 is 5.97 Å². The van der Waals surface area contributed by atoms with Crippen LogP contribution in [-0.2, 0) is 22.4 Å². The molecule has 1 heterocycles. The van der Waals surface area contributed by atoms with Gasteiger partial charge < -0.3 is 9.84 Å². The minimum absolute atomic E-state index is 0.180. The summed E-state index contributed by atoms with van der Waals surface area (Å²) in [7, 11) is 0. The fraction of sp³-hybridized carbons (Fsp3) is 0.533. The Hall–Kier alpha value is -0.910. The minimum atomic E-state index is -0.752. The first-order chi connectivity index (χ1) is 9.65. The third kappa shape index (κ3) is 4.89. The van der Waals surface area contributed by atoms with Crippen molar-refractivity contribution >= 4 is 21.9 Å². The van der Waals surface area contributed by atoms with E-state index in [9.17, 15) is 4.79 Å². The zero-order chi connectivity index (χ0) is 14.4. The number of benzene rings is 1. The molecule has 1 saturated heterocycles. The molecule has 5 heteroatoms. The highest BCUT2D eigenvalue weighted by Gasteiger charge is 2.11. The van der Waals surface area contributed by atoms with Gasteiger partial charge in [0.15, 0.2) is 0 Å². The van der Waals surface area contributed by atoms with Crippen LogP contribution < -0.4 is 0 Å². The maximum Gasteiger partial charge on any atom is 0.303 e. The van der Waals surface area contributed by atoms with Gasteiger partial charge in [-0.15, -0.1) is 0 Å². The fourth-order valence-electron chi connectivity index (χ4n) is 2.30. The first-order valence-corrected chi connectivity index (χ1v) is 7.73. The molecule has 0 saturated carbocycles. The Labute approximate surface area is 127 Å². The third-order valence-electron chi connectivity index (χ3n) is 3.55. The van der Waals surface area contributed by atoms with Crippen LogP contribution >= 0.6 is 15.9 Å². The van der Waals surface area contributed by atoms with Crippen molar-refractivity contribution in [2.45, 2.75) is 19.3 Å². The molecule has 0 aliphatic carbocycles. The van der Waals surface area contributed by atoms with Gasteiger partial charge in [-0.25, -0.2) is 0 Å². The molecule has 1 aliphatic heterocycles. The fourth-order valence-corrected chi connectivity index (χ4v) is 2.93. The van der Waals surface area contributed by atoms with Gasteiger partial charge in [-0.3, -0.25) is 9.69 Å². The number of aliphatic carboxylic acids is 1. The average Bonchev–Trinajstić information content (AvgIpc) is 2.45. The number of carboxylic acids is 1. The molecule has 1 aromatic rings. The van der Waals surface area contributed by atoms with Crippen LogP contribution in [-0.4, -0.2) is 48.8 Å². The van der Waals surface area contributed by atoms with E-state index in [4.69, 9.17) is 9.84 Å². The molecule has 2 rings (SSSR count). The number of carboxylic acid groups (broad SMARTS) is 1. The Kier molecular flexibility index (Phi) is 6.01. The topological polar surface area (TPSA) is 49.8 Å². The van der Waals surface area contributed by atoms with Crippen LogP contribution in [0.25, 0.3) is 0 Å². The van der Waals surface area contributed by atoms with Crippen molar-refractivity contribution in [1.82, 2.24) is 4.90 Å². The molecule has 1 aromatic carbocycles. The van der Waals surface area contributed by atoms with Crippen molar-refractivity contribution in [3.63, 3.8) is 0 Å². The summed E-state index contributed by atoms with van der Waals surface area (Å²) >= 11 is 3.59. The molecule has 0 unspecified atom stereocenters. The van der Waals surface area contributed by atoms with Crippen molar-refractivity contribution < 1.29 is 14.6 Å². The lowest BCUT2D eigenvalue weighted by Gasteiger charge is -2.26. The van der Waals surface area contributed by atoms with Crippen LogP contribution in [0.1, 0.15) is 17.5 Å². The molecule has 1 aliphatic rings. The molecule has 1 fully saturated rings. The average molecular weight is 342 g/mol. The quantitative estimate of drug-likeness (QED) is 0.862. The van der Waals surface area contributed by atoms with Gasteiger partial charge in [-0.05, 0) is 30.0 Å². The molecule has 0 bridgehead atoms. The third-order valence-corrected chi connectivity index (χ3v) is 4.28. The monoisotopic (exact) mass is 341 g/mol. The van der Waals surface area contributed by atoms with Gasteiger partial charge in [0.25, 0.3) is 0 Å². The van der Waals surface area contributed by atoms with Crippen LogP contribution in [0.3, 0.4) is 0 Å². The van der Waals surface area contributed by atoms with E-state index >= 15 is 0 Å². The molecule has 110 valence electrons. The molecular formula is C15H20BrNO3. The van der Waals surface area contributed by atoms with Crippen LogP contribution in [0.15, 0.2) is 22.7 Å². The standard InChI is InChI=1S/C15H20BrNO3/c16-14-11-12(2-4-15(18)19)1-3-13(14)5-6-17-7-9-20-10-8-17/h1,3,11H,2,4-10H2,(H,18,19).